The van der Waals surface area contributed by atoms with E-state index in [4.69, 9.17) is 9.15 Å². The second-order valence-corrected chi connectivity index (χ2v) is 8.50. The first-order valence-corrected chi connectivity index (χ1v) is 10.8. The summed E-state index contributed by atoms with van der Waals surface area (Å²) in [5.41, 5.74) is 2.44. The molecule has 5 heteroatoms. The minimum atomic E-state index is -1.03. The van der Waals surface area contributed by atoms with Crippen molar-refractivity contribution < 1.29 is 19.1 Å². The quantitative estimate of drug-likeness (QED) is 0.251. The Balaban J connectivity index is 1.55. The van der Waals surface area contributed by atoms with Gasteiger partial charge >= 0.3 is 5.97 Å². The molecule has 0 atom stereocenters. The summed E-state index contributed by atoms with van der Waals surface area (Å²) in [6, 6.07) is 27.1. The summed E-state index contributed by atoms with van der Waals surface area (Å²) in [4.78, 5) is 12.2. The molecule has 1 aromatic heterocycles. The summed E-state index contributed by atoms with van der Waals surface area (Å²) in [6.07, 6.45) is 0. The average Bonchev–Trinajstić information content (AvgIpc) is 3.16. The fourth-order valence-electron chi connectivity index (χ4n) is 3.71. The Morgan fingerprint density at radius 1 is 0.903 bits per heavy atom. The Labute approximate surface area is 192 Å². The number of carboxylic acids is 1. The molecule has 0 unspecified atom stereocenters. The van der Waals surface area contributed by atoms with Crippen molar-refractivity contribution in [3.05, 3.63) is 99.6 Å². The van der Waals surface area contributed by atoms with E-state index < -0.39 is 5.97 Å². The zero-order valence-electron chi connectivity index (χ0n) is 16.3. The van der Waals surface area contributed by atoms with E-state index >= 15 is 0 Å². The lowest BCUT2D eigenvalue weighted by molar-refractivity contribution is 0.0699. The Bertz CT molecular complexity index is 1430. The van der Waals surface area contributed by atoms with E-state index in [9.17, 15) is 9.90 Å². The number of carboxylic acid groups (broad SMARTS) is 1. The third-order valence-electron chi connectivity index (χ3n) is 5.18. The summed E-state index contributed by atoms with van der Waals surface area (Å²) >= 11 is 2.26. The van der Waals surface area contributed by atoms with Gasteiger partial charge in [0.05, 0.1) is 0 Å². The highest BCUT2D eigenvalue weighted by molar-refractivity contribution is 14.1. The standard InChI is InChI=1S/C26H17IO4/c27-20-7-3-4-16(12-20)15-30-21-10-11-23-22(14-21)24(26(28)29)25(31-23)19-9-8-17-5-1-2-6-18(17)13-19/h1-14H,15H2,(H,28,29). The molecule has 31 heavy (non-hydrogen) atoms. The molecule has 0 bridgehead atoms. The third kappa shape index (κ3) is 3.88. The van der Waals surface area contributed by atoms with Gasteiger partial charge in [0.15, 0.2) is 0 Å². The van der Waals surface area contributed by atoms with Gasteiger partial charge in [0.2, 0.25) is 0 Å². The lowest BCUT2D eigenvalue weighted by Crippen LogP contribution is -1.98. The van der Waals surface area contributed by atoms with Crippen LogP contribution in [0.15, 0.2) is 89.3 Å². The van der Waals surface area contributed by atoms with E-state index in [1.54, 1.807) is 18.2 Å². The molecule has 5 aromatic rings. The normalized spacial score (nSPS) is 11.1. The number of hydrogen-bond acceptors (Lipinski definition) is 3. The molecule has 0 aliphatic rings. The van der Waals surface area contributed by atoms with Gasteiger partial charge in [0, 0.05) is 14.5 Å². The van der Waals surface area contributed by atoms with Crippen molar-refractivity contribution in [1.82, 2.24) is 0 Å². The summed E-state index contributed by atoms with van der Waals surface area (Å²) in [5.74, 6) is -0.0839. The zero-order valence-corrected chi connectivity index (χ0v) is 18.5. The van der Waals surface area contributed by atoms with E-state index in [0.29, 0.717) is 29.1 Å². The first-order valence-electron chi connectivity index (χ1n) is 9.75. The van der Waals surface area contributed by atoms with Crippen LogP contribution in [0.25, 0.3) is 33.1 Å². The predicted molar refractivity (Wildman–Crippen MR) is 130 cm³/mol. The van der Waals surface area contributed by atoms with Gasteiger partial charge in [-0.2, -0.15) is 0 Å². The van der Waals surface area contributed by atoms with Crippen LogP contribution in [0, 0.1) is 3.57 Å². The number of ether oxygens (including phenoxy) is 1. The van der Waals surface area contributed by atoms with Gasteiger partial charge < -0.3 is 14.3 Å². The highest BCUT2D eigenvalue weighted by Crippen LogP contribution is 2.36. The van der Waals surface area contributed by atoms with E-state index in [-0.39, 0.29) is 5.56 Å². The van der Waals surface area contributed by atoms with Crippen LogP contribution in [0.5, 0.6) is 5.75 Å². The van der Waals surface area contributed by atoms with Crippen molar-refractivity contribution in [2.24, 2.45) is 0 Å². The van der Waals surface area contributed by atoms with Gasteiger partial charge in [-0.25, -0.2) is 4.79 Å². The van der Waals surface area contributed by atoms with Crippen molar-refractivity contribution in [3.63, 3.8) is 0 Å². The van der Waals surface area contributed by atoms with Crippen LogP contribution in [0.4, 0.5) is 0 Å². The number of benzene rings is 4. The zero-order chi connectivity index (χ0) is 21.4. The Hall–Kier alpha value is -3.32. The molecule has 0 saturated heterocycles. The van der Waals surface area contributed by atoms with Crippen LogP contribution in [0.2, 0.25) is 0 Å². The molecular weight excluding hydrogens is 503 g/mol. The van der Waals surface area contributed by atoms with E-state index in [1.165, 1.54) is 0 Å². The van der Waals surface area contributed by atoms with Crippen molar-refractivity contribution in [3.8, 4) is 17.1 Å². The molecule has 0 fully saturated rings. The third-order valence-corrected chi connectivity index (χ3v) is 5.85. The molecule has 4 nitrogen and oxygen atoms in total. The van der Waals surface area contributed by atoms with Crippen LogP contribution in [0.1, 0.15) is 15.9 Å². The predicted octanol–water partition coefficient (Wildman–Crippen LogP) is 7.13. The second-order valence-electron chi connectivity index (χ2n) is 7.25. The van der Waals surface area contributed by atoms with Gasteiger partial charge in [0.25, 0.3) is 0 Å². The maximum atomic E-state index is 12.2. The monoisotopic (exact) mass is 520 g/mol. The Morgan fingerprint density at radius 2 is 1.74 bits per heavy atom. The number of rotatable bonds is 5. The molecule has 152 valence electrons. The summed E-state index contributed by atoms with van der Waals surface area (Å²) in [7, 11) is 0. The highest BCUT2D eigenvalue weighted by Gasteiger charge is 2.22. The molecule has 0 aliphatic carbocycles. The molecule has 5 rings (SSSR count). The summed E-state index contributed by atoms with van der Waals surface area (Å²) in [5, 5.41) is 12.6. The average molecular weight is 520 g/mol. The number of fused-ring (bicyclic) bond motifs is 2. The van der Waals surface area contributed by atoms with Crippen LogP contribution >= 0.6 is 22.6 Å². The summed E-state index contributed by atoms with van der Waals surface area (Å²) < 4.78 is 13.1. The fourth-order valence-corrected chi connectivity index (χ4v) is 4.31. The van der Waals surface area contributed by atoms with Gasteiger partial charge in [-0.05, 0) is 75.3 Å². The molecule has 0 amide bonds. The topological polar surface area (TPSA) is 59.7 Å². The van der Waals surface area contributed by atoms with Crippen molar-refractivity contribution in [2.45, 2.75) is 6.61 Å². The first kappa shape index (κ1) is 19.6. The molecule has 4 aromatic carbocycles. The number of halogens is 1. The Morgan fingerprint density at radius 3 is 2.55 bits per heavy atom. The minimum absolute atomic E-state index is 0.144. The van der Waals surface area contributed by atoms with Crippen LogP contribution in [-0.4, -0.2) is 11.1 Å². The van der Waals surface area contributed by atoms with E-state index in [2.05, 4.69) is 28.7 Å². The van der Waals surface area contributed by atoms with E-state index in [1.807, 2.05) is 60.7 Å². The first-order chi connectivity index (χ1) is 15.1. The fraction of sp³-hybridized carbons (Fsp3) is 0.0385. The number of furan rings is 1. The highest BCUT2D eigenvalue weighted by atomic mass is 127. The largest absolute Gasteiger partial charge is 0.489 e. The number of hydrogen-bond donors (Lipinski definition) is 1. The molecule has 0 radical (unpaired) electrons. The van der Waals surface area contributed by atoms with Crippen LogP contribution in [-0.2, 0) is 6.61 Å². The van der Waals surface area contributed by atoms with Crippen LogP contribution < -0.4 is 4.74 Å². The number of aromatic carboxylic acids is 1. The smallest absolute Gasteiger partial charge is 0.340 e. The summed E-state index contributed by atoms with van der Waals surface area (Å²) in [6.45, 7) is 0.403. The molecule has 1 heterocycles. The van der Waals surface area contributed by atoms with Crippen LogP contribution in [0.3, 0.4) is 0 Å². The maximum Gasteiger partial charge on any atom is 0.340 e. The maximum absolute atomic E-state index is 12.2. The van der Waals surface area contributed by atoms with Crippen molar-refractivity contribution in [2.75, 3.05) is 0 Å². The molecule has 0 saturated carbocycles. The minimum Gasteiger partial charge on any atom is -0.489 e. The lowest BCUT2D eigenvalue weighted by Gasteiger charge is -2.07. The second kappa shape index (κ2) is 8.07. The Kier molecular flexibility index (Phi) is 5.11. The van der Waals surface area contributed by atoms with E-state index in [0.717, 1.165) is 25.5 Å². The molecule has 0 spiro atoms. The SMILES string of the molecule is O=C(O)c1c(-c2ccc3ccccc3c2)oc2ccc(OCc3cccc(I)c3)cc12. The van der Waals surface area contributed by atoms with Gasteiger partial charge in [-0.15, -0.1) is 0 Å². The van der Waals surface area contributed by atoms with Gasteiger partial charge in [0.1, 0.15) is 29.3 Å². The molecular formula is C26H17IO4. The molecule has 0 aliphatic heterocycles. The van der Waals surface area contributed by atoms with Crippen molar-refractivity contribution >= 4 is 50.3 Å². The van der Waals surface area contributed by atoms with Gasteiger partial charge in [-0.3, -0.25) is 0 Å². The van der Waals surface area contributed by atoms with Crippen molar-refractivity contribution in [1.29, 1.82) is 0 Å². The molecule has 1 N–H and O–H groups in total. The van der Waals surface area contributed by atoms with Gasteiger partial charge in [-0.1, -0.05) is 48.5 Å². The lowest BCUT2D eigenvalue weighted by atomic mass is 10.0. The number of carbonyl (C=O) groups is 1.